The molecular weight excluding hydrogens is 586 g/mol. The molecule has 1 fully saturated rings. The van der Waals surface area contributed by atoms with Crippen LogP contribution in [0.2, 0.25) is 5.02 Å². The number of carbonyl (C=O) groups excluding carboxylic acids is 1. The van der Waals surface area contributed by atoms with E-state index < -0.39 is 5.92 Å². The number of rotatable bonds is 8. The van der Waals surface area contributed by atoms with Gasteiger partial charge in [0.2, 0.25) is 12.5 Å². The minimum atomic E-state index is -0.476. The zero-order valence-electron chi connectivity index (χ0n) is 24.3. The number of hydrogen-bond donors (Lipinski definition) is 1. The molecule has 10 heteroatoms. The molecule has 0 bridgehead atoms. The van der Waals surface area contributed by atoms with E-state index in [4.69, 9.17) is 44.8 Å². The van der Waals surface area contributed by atoms with Crippen molar-refractivity contribution in [2.75, 3.05) is 40.0 Å². The van der Waals surface area contributed by atoms with Crippen molar-refractivity contribution in [2.24, 2.45) is 11.8 Å². The maximum Gasteiger partial charge on any atom is 0.310 e. The highest BCUT2D eigenvalue weighted by Gasteiger charge is 2.52. The fraction of sp³-hybridized carbons (Fsp3) is 0.265. The van der Waals surface area contributed by atoms with Gasteiger partial charge in [-0.1, -0.05) is 11.6 Å². The Bertz CT molecular complexity index is 1680. The third-order valence-electron chi connectivity index (χ3n) is 8.46. The van der Waals surface area contributed by atoms with Gasteiger partial charge >= 0.3 is 5.97 Å². The molecule has 0 spiro atoms. The molecule has 1 saturated heterocycles. The number of halogens is 1. The normalized spacial score (nSPS) is 21.1. The number of ether oxygens (including phenoxy) is 7. The molecule has 0 amide bonds. The number of methoxy groups -OCH3 is 3. The molecule has 1 N–H and O–H groups in total. The Kier molecular flexibility index (Phi) is 7.26. The van der Waals surface area contributed by atoms with E-state index in [-0.39, 0.29) is 37.2 Å². The van der Waals surface area contributed by atoms with Crippen LogP contribution in [0.25, 0.3) is 0 Å². The van der Waals surface area contributed by atoms with Crippen molar-refractivity contribution >= 4 is 23.3 Å². The smallest absolute Gasteiger partial charge is 0.310 e. The summed E-state index contributed by atoms with van der Waals surface area (Å²) in [5.74, 6) is 2.90. The molecule has 0 radical (unpaired) electrons. The Labute approximate surface area is 259 Å². The van der Waals surface area contributed by atoms with Crippen molar-refractivity contribution in [2.45, 2.75) is 12.0 Å². The van der Waals surface area contributed by atoms with E-state index in [1.807, 2.05) is 60.7 Å². The van der Waals surface area contributed by atoms with Gasteiger partial charge in [0.05, 0.1) is 39.9 Å². The summed E-state index contributed by atoms with van der Waals surface area (Å²) < 4.78 is 40.2. The molecule has 3 aliphatic rings. The van der Waals surface area contributed by atoms with Crippen LogP contribution in [0.3, 0.4) is 0 Å². The van der Waals surface area contributed by atoms with Gasteiger partial charge in [0, 0.05) is 22.5 Å². The van der Waals surface area contributed by atoms with Crippen LogP contribution >= 0.6 is 11.6 Å². The molecule has 9 nitrogen and oxygen atoms in total. The van der Waals surface area contributed by atoms with Gasteiger partial charge in [-0.15, -0.1) is 0 Å². The Morgan fingerprint density at radius 1 is 0.773 bits per heavy atom. The van der Waals surface area contributed by atoms with Crippen molar-refractivity contribution in [3.63, 3.8) is 0 Å². The molecule has 0 unspecified atom stereocenters. The molecule has 2 heterocycles. The lowest BCUT2D eigenvalue weighted by molar-refractivity contribution is -0.141. The highest BCUT2D eigenvalue weighted by atomic mass is 35.5. The molecule has 0 saturated carbocycles. The molecular formula is C34H30ClNO8. The number of hydrogen-bond acceptors (Lipinski definition) is 9. The van der Waals surface area contributed by atoms with Crippen LogP contribution in [0.1, 0.15) is 28.7 Å². The van der Waals surface area contributed by atoms with Crippen molar-refractivity contribution in [1.82, 2.24) is 0 Å². The number of anilines is 1. The van der Waals surface area contributed by atoms with Gasteiger partial charge in [0.1, 0.15) is 11.5 Å². The number of esters is 1. The molecule has 2 aliphatic heterocycles. The summed E-state index contributed by atoms with van der Waals surface area (Å²) in [6.45, 7) is 0.406. The van der Waals surface area contributed by atoms with Gasteiger partial charge in [-0.2, -0.15) is 0 Å². The second kappa shape index (κ2) is 11.4. The fourth-order valence-electron chi connectivity index (χ4n) is 6.47. The predicted molar refractivity (Wildman–Crippen MR) is 163 cm³/mol. The third kappa shape index (κ3) is 4.87. The van der Waals surface area contributed by atoms with Crippen LogP contribution in [0.4, 0.5) is 5.69 Å². The maximum absolute atomic E-state index is 13.5. The largest absolute Gasteiger partial charge is 0.493 e. The van der Waals surface area contributed by atoms with Gasteiger partial charge in [-0.3, -0.25) is 4.79 Å². The Hall–Kier alpha value is -4.76. The number of fused-ring (bicyclic) bond motifs is 3. The molecule has 4 aromatic carbocycles. The minimum absolute atomic E-state index is 0.134. The molecule has 226 valence electrons. The lowest BCUT2D eigenvalue weighted by Gasteiger charge is -2.40. The molecule has 7 rings (SSSR count). The summed E-state index contributed by atoms with van der Waals surface area (Å²) in [5, 5.41) is 4.33. The van der Waals surface area contributed by atoms with Crippen LogP contribution in [0.5, 0.6) is 40.2 Å². The lowest BCUT2D eigenvalue weighted by Crippen LogP contribution is -2.37. The second-order valence-electron chi connectivity index (χ2n) is 10.8. The lowest BCUT2D eigenvalue weighted by atomic mass is 9.65. The topological polar surface area (TPSA) is 93.7 Å². The average Bonchev–Trinajstić information content (AvgIpc) is 3.67. The first-order chi connectivity index (χ1) is 21.5. The summed E-state index contributed by atoms with van der Waals surface area (Å²) in [6, 6.07) is 22.4. The van der Waals surface area contributed by atoms with Crippen molar-refractivity contribution in [1.29, 1.82) is 0 Å². The zero-order valence-corrected chi connectivity index (χ0v) is 25.1. The molecule has 4 aromatic rings. The van der Waals surface area contributed by atoms with E-state index in [0.29, 0.717) is 45.3 Å². The predicted octanol–water partition coefficient (Wildman–Crippen LogP) is 6.97. The summed E-state index contributed by atoms with van der Waals surface area (Å²) >= 11 is 6.00. The first kappa shape index (κ1) is 28.0. The zero-order chi connectivity index (χ0) is 30.4. The Balaban J connectivity index is 1.28. The highest BCUT2D eigenvalue weighted by molar-refractivity contribution is 6.30. The van der Waals surface area contributed by atoms with E-state index >= 15 is 0 Å². The molecule has 0 aromatic heterocycles. The fourth-order valence-corrected chi connectivity index (χ4v) is 6.59. The van der Waals surface area contributed by atoms with E-state index in [2.05, 4.69) is 5.32 Å². The summed E-state index contributed by atoms with van der Waals surface area (Å²) in [7, 11) is 4.71. The quantitative estimate of drug-likeness (QED) is 0.211. The monoisotopic (exact) mass is 615 g/mol. The van der Waals surface area contributed by atoms with E-state index in [9.17, 15) is 4.79 Å². The van der Waals surface area contributed by atoms with Crippen molar-refractivity contribution in [3.8, 4) is 40.2 Å². The molecule has 4 atom stereocenters. The minimum Gasteiger partial charge on any atom is -0.493 e. The van der Waals surface area contributed by atoms with Crippen molar-refractivity contribution < 1.29 is 38.0 Å². The van der Waals surface area contributed by atoms with Gasteiger partial charge < -0.3 is 38.5 Å². The van der Waals surface area contributed by atoms with E-state index in [1.165, 1.54) is 0 Å². The van der Waals surface area contributed by atoms with E-state index in [0.717, 1.165) is 22.4 Å². The standard InChI is InChI=1S/C34H30ClNO8/c1-38-28-12-18(13-29(39-2)33(28)40-3)30-23-14-26-27(43-17-42-26)15-24(23)32(25-16-41-34(37)31(25)30)36-20-6-10-22(11-7-20)44-21-8-4-19(35)5-9-21/h4-15,25,30-32,36H,16-17H2,1-3H3/t25-,30+,31-,32+/m0/s1. The van der Waals surface area contributed by atoms with Crippen LogP contribution in [-0.4, -0.2) is 40.7 Å². The SMILES string of the molecule is COc1cc([C@@H]2c3cc4c(cc3[C@@H](Nc3ccc(Oc5ccc(Cl)cc5)cc3)[C@H]3COC(=O)[C@H]23)OCO4)cc(OC)c1OC. The molecule has 1 aliphatic carbocycles. The van der Waals surface area contributed by atoms with E-state index in [1.54, 1.807) is 33.5 Å². The van der Waals surface area contributed by atoms with Crippen LogP contribution < -0.4 is 33.7 Å². The van der Waals surface area contributed by atoms with Crippen molar-refractivity contribution in [3.05, 3.63) is 94.5 Å². The number of benzene rings is 4. The first-order valence-electron chi connectivity index (χ1n) is 14.2. The van der Waals surface area contributed by atoms with Crippen LogP contribution in [-0.2, 0) is 9.53 Å². The van der Waals surface area contributed by atoms with Gasteiger partial charge in [-0.05, 0) is 89.5 Å². The van der Waals surface area contributed by atoms with Gasteiger partial charge in [0.25, 0.3) is 0 Å². The number of nitrogens with one attached hydrogen (secondary N) is 1. The summed E-state index contributed by atoms with van der Waals surface area (Å²) in [6.07, 6.45) is 0. The summed E-state index contributed by atoms with van der Waals surface area (Å²) in [5.41, 5.74) is 3.64. The third-order valence-corrected chi connectivity index (χ3v) is 8.71. The first-order valence-corrected chi connectivity index (χ1v) is 14.5. The highest BCUT2D eigenvalue weighted by Crippen LogP contribution is 2.56. The van der Waals surface area contributed by atoms with Gasteiger partial charge in [-0.25, -0.2) is 0 Å². The Morgan fingerprint density at radius 2 is 1.39 bits per heavy atom. The number of carbonyl (C=O) groups is 1. The van der Waals surface area contributed by atoms with Crippen LogP contribution in [0.15, 0.2) is 72.8 Å². The maximum atomic E-state index is 13.5. The Morgan fingerprint density at radius 3 is 2.00 bits per heavy atom. The summed E-state index contributed by atoms with van der Waals surface area (Å²) in [4.78, 5) is 13.5. The van der Waals surface area contributed by atoms with Crippen LogP contribution in [0, 0.1) is 11.8 Å². The average molecular weight is 616 g/mol. The van der Waals surface area contributed by atoms with Gasteiger partial charge in [0.15, 0.2) is 23.0 Å². The second-order valence-corrected chi connectivity index (χ2v) is 11.2. The molecule has 44 heavy (non-hydrogen) atoms. The number of cyclic esters (lactones) is 1.